The normalized spacial score (nSPS) is 15.3. The van der Waals surface area contributed by atoms with E-state index in [0.29, 0.717) is 0 Å². The molecule has 2 aliphatic rings. The first-order valence-corrected chi connectivity index (χ1v) is 28.0. The topological polar surface area (TPSA) is 114 Å². The zero-order chi connectivity index (χ0) is 43.6. The van der Waals surface area contributed by atoms with Crippen molar-refractivity contribution in [1.82, 2.24) is 0 Å². The fraction of sp³-hybridized carbons (Fsp3) is 0.769. The first-order chi connectivity index (χ1) is 29.0. The van der Waals surface area contributed by atoms with E-state index in [2.05, 4.69) is 27.7 Å². The van der Waals surface area contributed by atoms with Crippen LogP contribution in [0.25, 0.3) is 0 Å². The molecule has 0 bridgehead atoms. The van der Waals surface area contributed by atoms with Crippen LogP contribution in [0.15, 0.2) is 34.1 Å². The van der Waals surface area contributed by atoms with E-state index in [-0.39, 0.29) is 59.4 Å². The van der Waals surface area contributed by atoms with Gasteiger partial charge in [-0.15, -0.1) is 0 Å². The summed E-state index contributed by atoms with van der Waals surface area (Å²) in [5.74, 6) is 0.476. The minimum absolute atomic E-state index is 0. The van der Waals surface area contributed by atoms with Gasteiger partial charge in [-0.2, -0.15) is 0 Å². The SMILES string of the molecule is CCCCCCCCCCCCc1c(CC)ccc(S(=O)(=O)[O-])c1C1CCCCC1.CCCCCCCCCCCCc1c(CC)ccc(S(=O)(=O)[O-])c1C1CCCCC1.[Ca+2]. The molecule has 2 saturated carbocycles. The maximum Gasteiger partial charge on any atom is 2.00 e. The summed E-state index contributed by atoms with van der Waals surface area (Å²) in [6.07, 6.45) is 40.5. The Kier molecular flexibility index (Phi) is 29.9. The monoisotopic (exact) mass is 911 g/mol. The molecule has 2 fully saturated rings. The van der Waals surface area contributed by atoms with Gasteiger partial charge in [0, 0.05) is 0 Å². The van der Waals surface area contributed by atoms with Gasteiger partial charge in [-0.25, -0.2) is 16.8 Å². The molecule has 9 heteroatoms. The van der Waals surface area contributed by atoms with Gasteiger partial charge in [-0.3, -0.25) is 0 Å². The maximum absolute atomic E-state index is 12.0. The van der Waals surface area contributed by atoms with E-state index >= 15 is 0 Å². The zero-order valence-electron chi connectivity index (χ0n) is 39.5. The summed E-state index contributed by atoms with van der Waals surface area (Å²) in [7, 11) is -8.87. The maximum atomic E-state index is 12.0. The molecule has 0 radical (unpaired) electrons. The van der Waals surface area contributed by atoms with E-state index in [1.54, 1.807) is 12.1 Å². The molecule has 61 heavy (non-hydrogen) atoms. The third-order valence-electron chi connectivity index (χ3n) is 13.7. The Morgan fingerprint density at radius 3 is 0.967 bits per heavy atom. The summed E-state index contributed by atoms with van der Waals surface area (Å²) in [5.41, 5.74) is 6.61. The molecular formula is C52H86CaO6S2. The average molecular weight is 911 g/mol. The van der Waals surface area contributed by atoms with Crippen molar-refractivity contribution in [2.75, 3.05) is 0 Å². The van der Waals surface area contributed by atoms with Crippen LogP contribution in [0.3, 0.4) is 0 Å². The Hall–Kier alpha value is -0.480. The number of unbranched alkanes of at least 4 members (excludes halogenated alkanes) is 18. The van der Waals surface area contributed by atoms with Gasteiger partial charge in [-0.05, 0) is 122 Å². The van der Waals surface area contributed by atoms with Gasteiger partial charge in [0.25, 0.3) is 0 Å². The number of aryl methyl sites for hydroxylation is 2. The van der Waals surface area contributed by atoms with Crippen LogP contribution in [0.1, 0.15) is 266 Å². The van der Waals surface area contributed by atoms with Gasteiger partial charge in [0.05, 0.1) is 9.79 Å². The minimum atomic E-state index is -4.43. The average Bonchev–Trinajstić information content (AvgIpc) is 3.24. The molecule has 0 saturated heterocycles. The van der Waals surface area contributed by atoms with Crippen LogP contribution in [-0.2, 0) is 45.9 Å². The van der Waals surface area contributed by atoms with Crippen molar-refractivity contribution in [3.05, 3.63) is 57.6 Å². The Bertz CT molecular complexity index is 1570. The predicted octanol–water partition coefficient (Wildman–Crippen LogP) is 14.9. The molecule has 0 atom stereocenters. The van der Waals surface area contributed by atoms with Crippen LogP contribution >= 0.6 is 0 Å². The largest absolute Gasteiger partial charge is 2.00 e. The fourth-order valence-corrected chi connectivity index (χ4v) is 11.9. The third kappa shape index (κ3) is 20.7. The fourth-order valence-electron chi connectivity index (χ4n) is 10.3. The van der Waals surface area contributed by atoms with E-state index in [9.17, 15) is 25.9 Å². The Balaban J connectivity index is 0.000000413. The summed E-state index contributed by atoms with van der Waals surface area (Å²) in [6.45, 7) is 8.78. The van der Waals surface area contributed by atoms with Gasteiger partial charge in [0.15, 0.2) is 0 Å². The van der Waals surface area contributed by atoms with Crippen LogP contribution in [0.5, 0.6) is 0 Å². The number of hydrogen-bond acceptors (Lipinski definition) is 6. The molecule has 2 aromatic rings. The minimum Gasteiger partial charge on any atom is -0.744 e. The molecule has 0 N–H and O–H groups in total. The Morgan fingerprint density at radius 2 is 0.705 bits per heavy atom. The first kappa shape index (κ1) is 56.6. The summed E-state index contributed by atoms with van der Waals surface area (Å²) >= 11 is 0. The Morgan fingerprint density at radius 1 is 0.426 bits per heavy atom. The summed E-state index contributed by atoms with van der Waals surface area (Å²) in [5, 5.41) is 0. The smallest absolute Gasteiger partial charge is 0.744 e. The van der Waals surface area contributed by atoms with Crippen molar-refractivity contribution in [2.45, 2.75) is 268 Å². The van der Waals surface area contributed by atoms with Crippen molar-refractivity contribution >= 4 is 58.0 Å². The van der Waals surface area contributed by atoms with Crippen molar-refractivity contribution in [3.8, 4) is 0 Å². The molecule has 4 rings (SSSR count). The van der Waals surface area contributed by atoms with E-state index in [1.807, 2.05) is 12.1 Å². The van der Waals surface area contributed by atoms with Crippen LogP contribution in [-0.4, -0.2) is 63.7 Å². The van der Waals surface area contributed by atoms with Crippen molar-refractivity contribution in [3.63, 3.8) is 0 Å². The molecular weight excluding hydrogens is 825 g/mol. The van der Waals surface area contributed by atoms with Gasteiger partial charge >= 0.3 is 37.7 Å². The van der Waals surface area contributed by atoms with Crippen LogP contribution in [0, 0.1) is 0 Å². The van der Waals surface area contributed by atoms with E-state index in [4.69, 9.17) is 0 Å². The van der Waals surface area contributed by atoms with Crippen molar-refractivity contribution in [1.29, 1.82) is 0 Å². The van der Waals surface area contributed by atoms with Crippen molar-refractivity contribution < 1.29 is 25.9 Å². The Labute approximate surface area is 405 Å². The number of benzene rings is 2. The third-order valence-corrected chi connectivity index (χ3v) is 15.5. The molecule has 0 spiro atoms. The van der Waals surface area contributed by atoms with Crippen LogP contribution in [0.2, 0.25) is 0 Å². The van der Waals surface area contributed by atoms with Gasteiger partial charge in [0.2, 0.25) is 0 Å². The molecule has 6 nitrogen and oxygen atoms in total. The second-order valence-corrected chi connectivity index (χ2v) is 21.1. The van der Waals surface area contributed by atoms with Gasteiger partial charge in [0.1, 0.15) is 20.2 Å². The summed E-state index contributed by atoms with van der Waals surface area (Å²) in [4.78, 5) is 0.127. The molecule has 0 heterocycles. The molecule has 0 aromatic heterocycles. The summed E-state index contributed by atoms with van der Waals surface area (Å²) in [6, 6.07) is 6.96. The summed E-state index contributed by atoms with van der Waals surface area (Å²) < 4.78 is 72.2. The second-order valence-electron chi connectivity index (χ2n) is 18.4. The zero-order valence-corrected chi connectivity index (χ0v) is 43.3. The predicted molar refractivity (Wildman–Crippen MR) is 256 cm³/mol. The molecule has 344 valence electrons. The van der Waals surface area contributed by atoms with Gasteiger partial charge < -0.3 is 9.11 Å². The molecule has 0 aliphatic heterocycles. The van der Waals surface area contributed by atoms with Gasteiger partial charge in [-0.1, -0.05) is 194 Å². The molecule has 2 aromatic carbocycles. The quantitative estimate of drug-likeness (QED) is 0.0477. The van der Waals surface area contributed by atoms with E-state index in [1.165, 1.54) is 151 Å². The standard InChI is InChI=1S/2C26H44O3S.Ca/c2*1-3-5-6-7-8-9-10-11-12-16-19-24-22(4-2)20-21-25(30(27,28)29)26(24)23-17-14-13-15-18-23;/h2*20-21,23H,3-19H2,1-2H3,(H,27,28,29);/q;;+2/p-2. The molecule has 0 amide bonds. The van der Waals surface area contributed by atoms with E-state index < -0.39 is 20.2 Å². The van der Waals surface area contributed by atoms with E-state index in [0.717, 1.165) is 101 Å². The van der Waals surface area contributed by atoms with Crippen LogP contribution < -0.4 is 0 Å². The second kappa shape index (κ2) is 32.2. The van der Waals surface area contributed by atoms with Crippen molar-refractivity contribution in [2.24, 2.45) is 0 Å². The molecule has 0 unspecified atom stereocenters. The molecule has 2 aliphatic carbocycles. The first-order valence-electron chi connectivity index (χ1n) is 25.2. The number of hydrogen-bond donors (Lipinski definition) is 0. The number of rotatable bonds is 28. The van der Waals surface area contributed by atoms with Crippen LogP contribution in [0.4, 0.5) is 0 Å².